The van der Waals surface area contributed by atoms with Gasteiger partial charge >= 0.3 is 0 Å². The summed E-state index contributed by atoms with van der Waals surface area (Å²) in [5.41, 5.74) is 1.96. The molecule has 0 saturated heterocycles. The van der Waals surface area contributed by atoms with Crippen LogP contribution in [0.5, 0.6) is 0 Å². The fourth-order valence-electron chi connectivity index (χ4n) is 2.22. The Hall–Kier alpha value is -1.82. The van der Waals surface area contributed by atoms with Gasteiger partial charge in [-0.3, -0.25) is 4.99 Å². The lowest BCUT2D eigenvalue weighted by atomic mass is 10.1. The zero-order valence-corrected chi connectivity index (χ0v) is 11.4. The molecule has 0 aliphatic carbocycles. The molecule has 5 nitrogen and oxygen atoms in total. The van der Waals surface area contributed by atoms with Gasteiger partial charge in [0.2, 0.25) is 0 Å². The number of rotatable bonds is 3. The van der Waals surface area contributed by atoms with E-state index in [1.54, 1.807) is 6.07 Å². The number of benzene rings is 1. The standard InChI is InChI=1S/C13H15N3O2S/c1-19(17,18)13-8-10-3-2-9(6-11(10)16-13)7-12-14-4-5-15-12/h2-3,6,8,16H,4-5,7H2,1H3,(H,14,15). The Morgan fingerprint density at radius 1 is 1.32 bits per heavy atom. The Morgan fingerprint density at radius 3 is 2.84 bits per heavy atom. The zero-order valence-electron chi connectivity index (χ0n) is 10.6. The van der Waals surface area contributed by atoms with Crippen molar-refractivity contribution >= 4 is 26.6 Å². The molecule has 1 aromatic heterocycles. The van der Waals surface area contributed by atoms with Crippen LogP contribution in [0.15, 0.2) is 34.3 Å². The van der Waals surface area contributed by atoms with Gasteiger partial charge in [0.1, 0.15) is 10.9 Å². The highest BCUT2D eigenvalue weighted by Crippen LogP contribution is 2.20. The lowest BCUT2D eigenvalue weighted by molar-refractivity contribution is 0.599. The summed E-state index contributed by atoms with van der Waals surface area (Å²) < 4.78 is 23.0. The Labute approximate surface area is 111 Å². The van der Waals surface area contributed by atoms with Crippen molar-refractivity contribution in [1.29, 1.82) is 0 Å². The molecule has 0 saturated carbocycles. The Balaban J connectivity index is 1.96. The molecule has 0 bridgehead atoms. The first-order valence-corrected chi connectivity index (χ1v) is 8.00. The second kappa shape index (κ2) is 4.38. The van der Waals surface area contributed by atoms with Crippen molar-refractivity contribution in [2.24, 2.45) is 4.99 Å². The highest BCUT2D eigenvalue weighted by atomic mass is 32.2. The van der Waals surface area contributed by atoms with Gasteiger partial charge in [0.15, 0.2) is 9.84 Å². The van der Waals surface area contributed by atoms with E-state index in [1.807, 2.05) is 18.2 Å². The third kappa shape index (κ3) is 2.49. The molecule has 0 fully saturated rings. The summed E-state index contributed by atoms with van der Waals surface area (Å²) in [6.07, 6.45) is 1.96. The van der Waals surface area contributed by atoms with Crippen molar-refractivity contribution in [1.82, 2.24) is 10.3 Å². The second-order valence-corrected chi connectivity index (χ2v) is 6.74. The van der Waals surface area contributed by atoms with E-state index in [0.29, 0.717) is 0 Å². The maximum Gasteiger partial charge on any atom is 0.190 e. The van der Waals surface area contributed by atoms with E-state index in [9.17, 15) is 8.42 Å². The second-order valence-electron chi connectivity index (χ2n) is 4.76. The molecule has 0 unspecified atom stereocenters. The van der Waals surface area contributed by atoms with E-state index >= 15 is 0 Å². The van der Waals surface area contributed by atoms with Crippen LogP contribution in [0.25, 0.3) is 10.9 Å². The van der Waals surface area contributed by atoms with Gasteiger partial charge in [-0.15, -0.1) is 0 Å². The summed E-state index contributed by atoms with van der Waals surface area (Å²) in [5, 5.41) is 4.39. The summed E-state index contributed by atoms with van der Waals surface area (Å²) in [6, 6.07) is 7.59. The minimum atomic E-state index is -3.19. The van der Waals surface area contributed by atoms with Crippen LogP contribution in [-0.2, 0) is 16.3 Å². The molecule has 3 rings (SSSR count). The van der Waals surface area contributed by atoms with Crippen LogP contribution in [0.4, 0.5) is 0 Å². The Morgan fingerprint density at radius 2 is 2.16 bits per heavy atom. The smallest absolute Gasteiger partial charge is 0.190 e. The van der Waals surface area contributed by atoms with Gasteiger partial charge in [0.05, 0.1) is 6.54 Å². The van der Waals surface area contributed by atoms with Crippen LogP contribution >= 0.6 is 0 Å². The molecule has 2 N–H and O–H groups in total. The number of nitrogens with one attached hydrogen (secondary N) is 2. The number of aromatic nitrogens is 1. The van der Waals surface area contributed by atoms with E-state index in [2.05, 4.69) is 15.3 Å². The summed E-state index contributed by atoms with van der Waals surface area (Å²) in [5.74, 6) is 0.995. The Bertz CT molecular complexity index is 759. The molecular formula is C13H15N3O2S. The molecule has 0 spiro atoms. The molecule has 1 aromatic carbocycles. The molecule has 2 aromatic rings. The highest BCUT2D eigenvalue weighted by Gasteiger charge is 2.12. The first-order chi connectivity index (χ1) is 9.02. The number of aliphatic imine (C=N–C) groups is 1. The molecule has 0 atom stereocenters. The van der Waals surface area contributed by atoms with Gasteiger partial charge in [-0.25, -0.2) is 8.42 Å². The predicted octanol–water partition coefficient (Wildman–Crippen LogP) is 1.12. The van der Waals surface area contributed by atoms with Crippen molar-refractivity contribution in [2.45, 2.75) is 11.4 Å². The van der Waals surface area contributed by atoms with Crippen molar-refractivity contribution in [3.8, 4) is 0 Å². The monoisotopic (exact) mass is 277 g/mol. The van der Waals surface area contributed by atoms with Crippen LogP contribution in [0, 0.1) is 0 Å². The molecule has 1 aliphatic heterocycles. The number of fused-ring (bicyclic) bond motifs is 1. The van der Waals surface area contributed by atoms with Crippen LogP contribution in [-0.4, -0.2) is 38.6 Å². The molecule has 1 aliphatic rings. The van der Waals surface area contributed by atoms with Gasteiger partial charge in [-0.05, 0) is 17.7 Å². The number of amidine groups is 1. The summed E-state index contributed by atoms with van der Waals surface area (Å²) in [7, 11) is -3.19. The molecule has 6 heteroatoms. The average Bonchev–Trinajstić information content (AvgIpc) is 2.95. The fraction of sp³-hybridized carbons (Fsp3) is 0.308. The average molecular weight is 277 g/mol. The number of H-pyrrole nitrogens is 1. The summed E-state index contributed by atoms with van der Waals surface area (Å²) in [4.78, 5) is 7.31. The minimum Gasteiger partial charge on any atom is -0.372 e. The van der Waals surface area contributed by atoms with E-state index < -0.39 is 9.84 Å². The molecular weight excluding hydrogens is 262 g/mol. The van der Waals surface area contributed by atoms with Crippen LogP contribution in [0.2, 0.25) is 0 Å². The quantitative estimate of drug-likeness (QED) is 0.882. The minimum absolute atomic E-state index is 0.260. The van der Waals surface area contributed by atoms with E-state index in [4.69, 9.17) is 0 Å². The largest absolute Gasteiger partial charge is 0.372 e. The van der Waals surface area contributed by atoms with E-state index in [1.165, 1.54) is 6.26 Å². The normalized spacial score (nSPS) is 15.5. The van der Waals surface area contributed by atoms with Crippen molar-refractivity contribution in [3.05, 3.63) is 29.8 Å². The number of hydrogen-bond donors (Lipinski definition) is 2. The zero-order chi connectivity index (χ0) is 13.5. The topological polar surface area (TPSA) is 74.3 Å². The van der Waals surface area contributed by atoms with Gasteiger partial charge in [-0.1, -0.05) is 12.1 Å². The summed E-state index contributed by atoms with van der Waals surface area (Å²) in [6.45, 7) is 1.73. The lowest BCUT2D eigenvalue weighted by Crippen LogP contribution is -2.20. The van der Waals surface area contributed by atoms with Crippen LogP contribution < -0.4 is 5.32 Å². The molecule has 100 valence electrons. The van der Waals surface area contributed by atoms with Gasteiger partial charge < -0.3 is 10.3 Å². The molecule has 0 amide bonds. The third-order valence-electron chi connectivity index (χ3n) is 3.18. The van der Waals surface area contributed by atoms with E-state index in [0.717, 1.165) is 41.8 Å². The maximum absolute atomic E-state index is 11.5. The lowest BCUT2D eigenvalue weighted by Gasteiger charge is -2.02. The maximum atomic E-state index is 11.5. The first kappa shape index (κ1) is 12.2. The van der Waals surface area contributed by atoms with Gasteiger partial charge in [0.25, 0.3) is 0 Å². The predicted molar refractivity (Wildman–Crippen MR) is 75.4 cm³/mol. The Kier molecular flexibility index (Phi) is 2.82. The molecule has 19 heavy (non-hydrogen) atoms. The fourth-order valence-corrected chi connectivity index (χ4v) is 2.85. The van der Waals surface area contributed by atoms with E-state index in [-0.39, 0.29) is 5.03 Å². The first-order valence-electron chi connectivity index (χ1n) is 6.11. The van der Waals surface area contributed by atoms with Crippen molar-refractivity contribution in [3.63, 3.8) is 0 Å². The van der Waals surface area contributed by atoms with Crippen LogP contribution in [0.1, 0.15) is 5.56 Å². The number of nitrogens with zero attached hydrogens (tertiary/aromatic N) is 1. The van der Waals surface area contributed by atoms with Gasteiger partial charge in [0, 0.05) is 30.1 Å². The number of hydrogen-bond acceptors (Lipinski definition) is 4. The molecule has 2 heterocycles. The highest BCUT2D eigenvalue weighted by molar-refractivity contribution is 7.90. The van der Waals surface area contributed by atoms with Gasteiger partial charge in [-0.2, -0.15) is 0 Å². The van der Waals surface area contributed by atoms with Crippen molar-refractivity contribution < 1.29 is 8.42 Å². The van der Waals surface area contributed by atoms with Crippen molar-refractivity contribution in [2.75, 3.05) is 19.3 Å². The number of aromatic amines is 1. The SMILES string of the molecule is CS(=O)(=O)c1cc2ccc(CC3=NCCN3)cc2[nH]1. The number of sulfone groups is 1. The molecule has 0 radical (unpaired) electrons. The third-order valence-corrected chi connectivity index (χ3v) is 4.20. The summed E-state index contributed by atoms with van der Waals surface area (Å²) >= 11 is 0. The van der Waals surface area contributed by atoms with Crippen LogP contribution in [0.3, 0.4) is 0 Å².